The first kappa shape index (κ1) is 14.6. The summed E-state index contributed by atoms with van der Waals surface area (Å²) in [5.74, 6) is 0.707. The number of hydrogen-bond donors (Lipinski definition) is 0. The molecule has 104 valence electrons. The highest BCUT2D eigenvalue weighted by Crippen LogP contribution is 2.37. The topological polar surface area (TPSA) is 47.5 Å². The average molecular weight is 284 g/mol. The molecule has 1 aromatic heterocycles. The molecule has 0 aromatic carbocycles. The van der Waals surface area contributed by atoms with E-state index in [0.717, 1.165) is 0 Å². The molecule has 0 aliphatic carbocycles. The Morgan fingerprint density at radius 1 is 1.11 bits per heavy atom. The first-order valence-electron chi connectivity index (χ1n) is 6.19. The van der Waals surface area contributed by atoms with E-state index < -0.39 is 18.3 Å². The van der Waals surface area contributed by atoms with Gasteiger partial charge in [-0.1, -0.05) is 11.6 Å². The minimum Gasteiger partial charge on any atom is -0.399 e. The molecule has 5 nitrogen and oxygen atoms in total. The van der Waals surface area contributed by atoms with Crippen molar-refractivity contribution < 1.29 is 9.31 Å². The third-order valence-electron chi connectivity index (χ3n) is 3.73. The molecule has 1 aliphatic rings. The van der Waals surface area contributed by atoms with Gasteiger partial charge in [0.15, 0.2) is 0 Å². The highest BCUT2D eigenvalue weighted by atomic mass is 35.5. The van der Waals surface area contributed by atoms with Gasteiger partial charge in [-0.05, 0) is 27.7 Å². The van der Waals surface area contributed by atoms with Crippen molar-refractivity contribution in [3.8, 4) is 0 Å². The van der Waals surface area contributed by atoms with Gasteiger partial charge in [0.1, 0.15) is 17.3 Å². The number of halogens is 1. The lowest BCUT2D eigenvalue weighted by atomic mass is 9.80. The third-order valence-corrected chi connectivity index (χ3v) is 4.03. The number of anilines is 1. The predicted molar refractivity (Wildman–Crippen MR) is 77.1 cm³/mol. The second-order valence-corrected chi connectivity index (χ2v) is 6.24. The largest absolute Gasteiger partial charge is 0.501 e. The van der Waals surface area contributed by atoms with E-state index in [-0.39, 0.29) is 0 Å². The van der Waals surface area contributed by atoms with E-state index in [1.165, 1.54) is 6.33 Å². The van der Waals surface area contributed by atoms with Gasteiger partial charge in [0.25, 0.3) is 0 Å². The summed E-state index contributed by atoms with van der Waals surface area (Å²) in [4.78, 5) is 10.1. The van der Waals surface area contributed by atoms with E-state index in [4.69, 9.17) is 20.9 Å². The van der Waals surface area contributed by atoms with Crippen LogP contribution in [0.2, 0.25) is 5.15 Å². The maximum Gasteiger partial charge on any atom is 0.501 e. The Kier molecular flexibility index (Phi) is 3.54. The second-order valence-electron chi connectivity index (χ2n) is 5.88. The Balaban J connectivity index is 2.45. The fourth-order valence-corrected chi connectivity index (χ4v) is 2.10. The molecule has 2 heterocycles. The summed E-state index contributed by atoms with van der Waals surface area (Å²) in [7, 11) is 3.23. The van der Waals surface area contributed by atoms with Gasteiger partial charge in [0.05, 0.1) is 16.7 Å². The van der Waals surface area contributed by atoms with Crippen molar-refractivity contribution in [2.45, 2.75) is 38.9 Å². The smallest absolute Gasteiger partial charge is 0.399 e. The maximum absolute atomic E-state index is 6.20. The van der Waals surface area contributed by atoms with Crippen molar-refractivity contribution in [1.82, 2.24) is 9.97 Å². The van der Waals surface area contributed by atoms with Crippen LogP contribution >= 0.6 is 11.6 Å². The van der Waals surface area contributed by atoms with Crippen LogP contribution in [0, 0.1) is 0 Å². The van der Waals surface area contributed by atoms with E-state index in [1.807, 2.05) is 46.7 Å². The molecule has 1 aliphatic heterocycles. The zero-order valence-electron chi connectivity index (χ0n) is 12.2. The summed E-state index contributed by atoms with van der Waals surface area (Å²) in [5.41, 5.74) is -0.159. The quantitative estimate of drug-likeness (QED) is 0.608. The standard InChI is InChI=1S/C12H19BClN3O2/c1-11(2)12(3,4)19-13(18-11)8-9(14)15-7-16-10(8)17(5)6/h7H,1-6H3. The van der Waals surface area contributed by atoms with Crippen LogP contribution in [0.3, 0.4) is 0 Å². The molecule has 0 N–H and O–H groups in total. The third kappa shape index (κ3) is 2.44. The Morgan fingerprint density at radius 2 is 1.63 bits per heavy atom. The van der Waals surface area contributed by atoms with Crippen LogP contribution in [0.15, 0.2) is 6.33 Å². The Hall–Kier alpha value is -0.845. The van der Waals surface area contributed by atoms with Crippen LogP contribution in [0.4, 0.5) is 5.82 Å². The summed E-state index contributed by atoms with van der Waals surface area (Å²) in [6, 6.07) is 0. The molecule has 0 amide bonds. The van der Waals surface area contributed by atoms with Crippen LogP contribution in [0.5, 0.6) is 0 Å². The minimum atomic E-state index is -0.559. The first-order chi connectivity index (χ1) is 8.66. The molecule has 0 unspecified atom stereocenters. The van der Waals surface area contributed by atoms with Gasteiger partial charge < -0.3 is 14.2 Å². The van der Waals surface area contributed by atoms with Gasteiger partial charge in [0, 0.05) is 14.1 Å². The van der Waals surface area contributed by atoms with Gasteiger partial charge >= 0.3 is 7.12 Å². The van der Waals surface area contributed by atoms with Gasteiger partial charge in [-0.25, -0.2) is 9.97 Å². The second kappa shape index (κ2) is 4.61. The number of hydrogen-bond acceptors (Lipinski definition) is 5. The maximum atomic E-state index is 6.20. The van der Waals surface area contributed by atoms with Crippen LogP contribution in [-0.2, 0) is 9.31 Å². The van der Waals surface area contributed by atoms with Gasteiger partial charge in [0.2, 0.25) is 0 Å². The van der Waals surface area contributed by atoms with Crippen LogP contribution < -0.4 is 10.4 Å². The lowest BCUT2D eigenvalue weighted by molar-refractivity contribution is 0.00578. The lowest BCUT2D eigenvalue weighted by Gasteiger charge is -2.32. The highest BCUT2D eigenvalue weighted by Gasteiger charge is 2.53. The molecule has 0 saturated carbocycles. The molecule has 0 radical (unpaired) electrons. The Labute approximate surface area is 119 Å². The van der Waals surface area contributed by atoms with Crippen molar-refractivity contribution in [2.24, 2.45) is 0 Å². The number of nitrogens with zero attached hydrogens (tertiary/aromatic N) is 3. The highest BCUT2D eigenvalue weighted by molar-refractivity contribution is 6.67. The van der Waals surface area contributed by atoms with Crippen LogP contribution in [-0.4, -0.2) is 42.4 Å². The zero-order valence-corrected chi connectivity index (χ0v) is 12.9. The average Bonchev–Trinajstić information content (AvgIpc) is 2.47. The van der Waals surface area contributed by atoms with E-state index in [9.17, 15) is 0 Å². The molecular weight excluding hydrogens is 264 g/mol. The van der Waals surface area contributed by atoms with Crippen molar-refractivity contribution in [3.05, 3.63) is 11.5 Å². The zero-order chi connectivity index (χ0) is 14.4. The summed E-state index contributed by atoms with van der Waals surface area (Å²) in [6.45, 7) is 8.00. The fourth-order valence-electron chi connectivity index (χ4n) is 1.89. The number of aromatic nitrogens is 2. The van der Waals surface area contributed by atoms with Gasteiger partial charge in [-0.3, -0.25) is 0 Å². The van der Waals surface area contributed by atoms with E-state index in [0.29, 0.717) is 16.4 Å². The monoisotopic (exact) mass is 283 g/mol. The molecule has 2 rings (SSSR count). The molecule has 0 spiro atoms. The van der Waals surface area contributed by atoms with Crippen molar-refractivity contribution in [2.75, 3.05) is 19.0 Å². The summed E-state index contributed by atoms with van der Waals surface area (Å²) in [6.07, 6.45) is 1.44. The SMILES string of the molecule is CN(C)c1ncnc(Cl)c1B1OC(C)(C)C(C)(C)O1. The molecule has 1 aromatic rings. The molecular formula is C12H19BClN3O2. The van der Waals surface area contributed by atoms with E-state index >= 15 is 0 Å². The van der Waals surface area contributed by atoms with E-state index in [2.05, 4.69) is 9.97 Å². The molecule has 19 heavy (non-hydrogen) atoms. The van der Waals surface area contributed by atoms with Gasteiger partial charge in [-0.2, -0.15) is 0 Å². The Bertz CT molecular complexity index is 478. The first-order valence-corrected chi connectivity index (χ1v) is 6.57. The van der Waals surface area contributed by atoms with E-state index in [1.54, 1.807) is 0 Å². The minimum absolute atomic E-state index is 0.359. The molecule has 0 bridgehead atoms. The van der Waals surface area contributed by atoms with Crippen LogP contribution in [0.25, 0.3) is 0 Å². The van der Waals surface area contributed by atoms with Crippen molar-refractivity contribution in [1.29, 1.82) is 0 Å². The number of rotatable bonds is 2. The van der Waals surface area contributed by atoms with Crippen LogP contribution in [0.1, 0.15) is 27.7 Å². The molecule has 1 saturated heterocycles. The molecule has 7 heteroatoms. The van der Waals surface area contributed by atoms with Gasteiger partial charge in [-0.15, -0.1) is 0 Å². The van der Waals surface area contributed by atoms with Crippen molar-refractivity contribution in [3.63, 3.8) is 0 Å². The molecule has 0 atom stereocenters. The van der Waals surface area contributed by atoms with Crippen molar-refractivity contribution >= 4 is 30.0 Å². The lowest BCUT2D eigenvalue weighted by Crippen LogP contribution is -2.41. The normalized spacial score (nSPS) is 20.7. The molecule has 1 fully saturated rings. The summed E-state index contributed by atoms with van der Waals surface area (Å²) < 4.78 is 12.0. The summed E-state index contributed by atoms with van der Waals surface area (Å²) >= 11 is 6.20. The summed E-state index contributed by atoms with van der Waals surface area (Å²) in [5, 5.41) is 0.359. The Morgan fingerprint density at radius 3 is 2.11 bits per heavy atom. The predicted octanol–water partition coefficient (Wildman–Crippen LogP) is 1.50. The fraction of sp³-hybridized carbons (Fsp3) is 0.667.